The van der Waals surface area contributed by atoms with Gasteiger partial charge < -0.3 is 15.8 Å². The summed E-state index contributed by atoms with van der Waals surface area (Å²) < 4.78 is 5.53. The zero-order valence-electron chi connectivity index (χ0n) is 12.3. The summed E-state index contributed by atoms with van der Waals surface area (Å²) >= 11 is 0. The van der Waals surface area contributed by atoms with Crippen LogP contribution < -0.4 is 11.1 Å². The summed E-state index contributed by atoms with van der Waals surface area (Å²) in [5.74, 6) is 1.27. The van der Waals surface area contributed by atoms with Gasteiger partial charge in [-0.2, -0.15) is 0 Å². The number of aromatic nitrogens is 2. The van der Waals surface area contributed by atoms with Gasteiger partial charge in [0.05, 0.1) is 18.2 Å². The van der Waals surface area contributed by atoms with Crippen LogP contribution in [0, 0.1) is 5.92 Å². The first kappa shape index (κ1) is 14.5. The molecule has 0 saturated heterocycles. The molecule has 0 bridgehead atoms. The molecular formula is C15H22N4O. The van der Waals surface area contributed by atoms with E-state index in [2.05, 4.69) is 29.1 Å². The van der Waals surface area contributed by atoms with Crippen LogP contribution in [0.5, 0.6) is 0 Å². The lowest BCUT2D eigenvalue weighted by molar-refractivity contribution is 0.126. The van der Waals surface area contributed by atoms with Gasteiger partial charge in [-0.1, -0.05) is 13.8 Å². The van der Waals surface area contributed by atoms with Crippen LogP contribution in [0.3, 0.4) is 0 Å². The van der Waals surface area contributed by atoms with Crippen molar-refractivity contribution in [2.75, 3.05) is 24.3 Å². The average molecular weight is 274 g/mol. The van der Waals surface area contributed by atoms with E-state index in [1.165, 1.54) is 0 Å². The van der Waals surface area contributed by atoms with E-state index in [0.29, 0.717) is 24.8 Å². The Balaban J connectivity index is 2.27. The van der Waals surface area contributed by atoms with E-state index in [9.17, 15) is 0 Å². The Morgan fingerprint density at radius 2 is 2.10 bits per heavy atom. The molecule has 1 unspecified atom stereocenters. The van der Waals surface area contributed by atoms with E-state index in [4.69, 9.17) is 10.5 Å². The van der Waals surface area contributed by atoms with E-state index >= 15 is 0 Å². The third kappa shape index (κ3) is 3.36. The number of anilines is 2. The molecule has 5 nitrogen and oxygen atoms in total. The van der Waals surface area contributed by atoms with E-state index in [0.717, 1.165) is 16.7 Å². The summed E-state index contributed by atoms with van der Waals surface area (Å²) in [5, 5.41) is 4.43. The largest absolute Gasteiger partial charge is 0.399 e. The van der Waals surface area contributed by atoms with Crippen LogP contribution in [0.15, 0.2) is 24.5 Å². The van der Waals surface area contributed by atoms with Crippen LogP contribution in [0.25, 0.3) is 10.9 Å². The van der Waals surface area contributed by atoms with Crippen molar-refractivity contribution in [3.05, 3.63) is 24.5 Å². The third-order valence-corrected chi connectivity index (χ3v) is 3.29. The van der Waals surface area contributed by atoms with Gasteiger partial charge in [-0.05, 0) is 31.0 Å². The highest BCUT2D eigenvalue weighted by atomic mass is 16.5. The molecule has 2 aromatic rings. The van der Waals surface area contributed by atoms with E-state index in [-0.39, 0.29) is 6.04 Å². The fourth-order valence-corrected chi connectivity index (χ4v) is 2.01. The minimum absolute atomic E-state index is 0.214. The Kier molecular flexibility index (Phi) is 4.74. The topological polar surface area (TPSA) is 73.1 Å². The van der Waals surface area contributed by atoms with Crippen molar-refractivity contribution >= 4 is 22.4 Å². The van der Waals surface area contributed by atoms with Crippen LogP contribution >= 0.6 is 0 Å². The zero-order chi connectivity index (χ0) is 14.5. The first-order valence-corrected chi connectivity index (χ1v) is 6.96. The molecule has 0 saturated carbocycles. The van der Waals surface area contributed by atoms with E-state index in [1.807, 2.05) is 25.1 Å². The predicted octanol–water partition coefficient (Wildman–Crippen LogP) is 2.69. The number of nitrogens with zero attached hydrogens (tertiary/aromatic N) is 2. The monoisotopic (exact) mass is 274 g/mol. The molecule has 1 aromatic heterocycles. The molecule has 0 aliphatic carbocycles. The maximum Gasteiger partial charge on any atom is 0.137 e. The smallest absolute Gasteiger partial charge is 0.137 e. The second-order valence-corrected chi connectivity index (χ2v) is 5.15. The molecule has 0 radical (unpaired) electrons. The summed E-state index contributed by atoms with van der Waals surface area (Å²) in [6.07, 6.45) is 1.56. The summed E-state index contributed by atoms with van der Waals surface area (Å²) in [6, 6.07) is 5.88. The molecular weight excluding hydrogens is 252 g/mol. The van der Waals surface area contributed by atoms with Crippen molar-refractivity contribution in [3.8, 4) is 0 Å². The van der Waals surface area contributed by atoms with Gasteiger partial charge in [-0.3, -0.25) is 0 Å². The standard InChI is InChI=1S/C15H22N4O/c1-4-20-8-14(10(2)3)19-15-12-6-5-11(16)7-13(12)17-9-18-15/h5-7,9-10,14H,4,8,16H2,1-3H3,(H,17,18,19). The van der Waals surface area contributed by atoms with Crippen LogP contribution in [0.4, 0.5) is 11.5 Å². The van der Waals surface area contributed by atoms with Crippen LogP contribution in [-0.2, 0) is 4.74 Å². The minimum atomic E-state index is 0.214. The lowest BCUT2D eigenvalue weighted by atomic mass is 10.1. The molecule has 1 atom stereocenters. The molecule has 2 rings (SSSR count). The quantitative estimate of drug-likeness (QED) is 0.792. The number of fused-ring (bicyclic) bond motifs is 1. The number of benzene rings is 1. The summed E-state index contributed by atoms with van der Waals surface area (Å²) in [6.45, 7) is 7.71. The molecule has 0 spiro atoms. The fraction of sp³-hybridized carbons (Fsp3) is 0.467. The molecule has 108 valence electrons. The highest BCUT2D eigenvalue weighted by molar-refractivity contribution is 5.90. The Morgan fingerprint density at radius 3 is 2.80 bits per heavy atom. The van der Waals surface area contributed by atoms with Gasteiger partial charge in [0.2, 0.25) is 0 Å². The first-order valence-electron chi connectivity index (χ1n) is 6.96. The summed E-state index contributed by atoms with van der Waals surface area (Å²) in [5.41, 5.74) is 7.34. The summed E-state index contributed by atoms with van der Waals surface area (Å²) in [7, 11) is 0. The maximum absolute atomic E-state index is 5.79. The van der Waals surface area contributed by atoms with Crippen molar-refractivity contribution in [1.29, 1.82) is 0 Å². The number of nitrogens with two attached hydrogens (primary N) is 1. The number of hydrogen-bond donors (Lipinski definition) is 2. The number of rotatable bonds is 6. The Labute approximate surface area is 119 Å². The van der Waals surface area contributed by atoms with Gasteiger partial charge >= 0.3 is 0 Å². The predicted molar refractivity (Wildman–Crippen MR) is 82.7 cm³/mol. The van der Waals surface area contributed by atoms with Gasteiger partial charge in [0.15, 0.2) is 0 Å². The van der Waals surface area contributed by atoms with Crippen molar-refractivity contribution < 1.29 is 4.74 Å². The highest BCUT2D eigenvalue weighted by Gasteiger charge is 2.15. The molecule has 1 aromatic carbocycles. The average Bonchev–Trinajstić information content (AvgIpc) is 2.42. The molecule has 1 heterocycles. The van der Waals surface area contributed by atoms with Crippen molar-refractivity contribution in [1.82, 2.24) is 9.97 Å². The normalized spacial score (nSPS) is 12.8. The summed E-state index contributed by atoms with van der Waals surface area (Å²) in [4.78, 5) is 8.60. The Hall–Kier alpha value is -1.88. The Bertz CT molecular complexity index is 571. The van der Waals surface area contributed by atoms with Gasteiger partial charge in [0.25, 0.3) is 0 Å². The van der Waals surface area contributed by atoms with Crippen LogP contribution in [-0.4, -0.2) is 29.2 Å². The van der Waals surface area contributed by atoms with E-state index in [1.54, 1.807) is 6.33 Å². The number of nitrogen functional groups attached to an aromatic ring is 1. The molecule has 0 fully saturated rings. The molecule has 0 aliphatic heterocycles. The van der Waals surface area contributed by atoms with Crippen LogP contribution in [0.1, 0.15) is 20.8 Å². The zero-order valence-corrected chi connectivity index (χ0v) is 12.3. The number of ether oxygens (including phenoxy) is 1. The van der Waals surface area contributed by atoms with Gasteiger partial charge in [0.1, 0.15) is 12.1 Å². The SMILES string of the molecule is CCOCC(Nc1ncnc2cc(N)ccc12)C(C)C. The number of hydrogen-bond acceptors (Lipinski definition) is 5. The second-order valence-electron chi connectivity index (χ2n) is 5.15. The van der Waals surface area contributed by atoms with Gasteiger partial charge in [0, 0.05) is 17.7 Å². The molecule has 20 heavy (non-hydrogen) atoms. The first-order chi connectivity index (χ1) is 9.61. The lowest BCUT2D eigenvalue weighted by Crippen LogP contribution is -2.31. The van der Waals surface area contributed by atoms with Crippen molar-refractivity contribution in [3.63, 3.8) is 0 Å². The lowest BCUT2D eigenvalue weighted by Gasteiger charge is -2.23. The van der Waals surface area contributed by atoms with Crippen molar-refractivity contribution in [2.45, 2.75) is 26.8 Å². The van der Waals surface area contributed by atoms with Gasteiger partial charge in [-0.15, -0.1) is 0 Å². The van der Waals surface area contributed by atoms with Crippen LogP contribution in [0.2, 0.25) is 0 Å². The van der Waals surface area contributed by atoms with E-state index < -0.39 is 0 Å². The minimum Gasteiger partial charge on any atom is -0.399 e. The van der Waals surface area contributed by atoms with Crippen molar-refractivity contribution in [2.24, 2.45) is 5.92 Å². The van der Waals surface area contributed by atoms with Gasteiger partial charge in [-0.25, -0.2) is 9.97 Å². The molecule has 0 aliphatic rings. The second kappa shape index (κ2) is 6.52. The highest BCUT2D eigenvalue weighted by Crippen LogP contribution is 2.22. The molecule has 0 amide bonds. The fourth-order valence-electron chi connectivity index (χ4n) is 2.01. The molecule has 3 N–H and O–H groups in total. The number of nitrogens with one attached hydrogen (secondary N) is 1. The maximum atomic E-state index is 5.79. The third-order valence-electron chi connectivity index (χ3n) is 3.29. The Morgan fingerprint density at radius 1 is 1.30 bits per heavy atom. The molecule has 5 heteroatoms.